The van der Waals surface area contributed by atoms with E-state index in [0.717, 1.165) is 10.0 Å². The van der Waals surface area contributed by atoms with E-state index in [0.29, 0.717) is 10.7 Å². The van der Waals surface area contributed by atoms with Crippen LogP contribution in [0.2, 0.25) is 5.02 Å². The van der Waals surface area contributed by atoms with Crippen molar-refractivity contribution in [2.45, 2.75) is 0 Å². The third-order valence-corrected chi connectivity index (χ3v) is 3.38. The first-order valence-corrected chi connectivity index (χ1v) is 7.38. The van der Waals surface area contributed by atoms with Crippen molar-refractivity contribution in [2.24, 2.45) is 5.10 Å². The van der Waals surface area contributed by atoms with Gasteiger partial charge in [0.1, 0.15) is 0 Å². The fourth-order valence-corrected chi connectivity index (χ4v) is 2.14. The summed E-state index contributed by atoms with van der Waals surface area (Å²) in [4.78, 5) is 23.3. The van der Waals surface area contributed by atoms with E-state index in [2.05, 4.69) is 31.8 Å². The molecule has 0 spiro atoms. The van der Waals surface area contributed by atoms with Crippen LogP contribution in [-0.4, -0.2) is 18.0 Å². The van der Waals surface area contributed by atoms with Crippen LogP contribution in [0.1, 0.15) is 5.56 Å². The summed E-state index contributed by atoms with van der Waals surface area (Å²) in [5, 5.41) is 6.48. The zero-order valence-corrected chi connectivity index (χ0v) is 13.6. The second-order valence-electron chi connectivity index (χ2n) is 4.19. The minimum Gasteiger partial charge on any atom is -0.316 e. The Labute approximate surface area is 140 Å². The first-order valence-electron chi connectivity index (χ1n) is 6.21. The summed E-state index contributed by atoms with van der Waals surface area (Å²) in [5.74, 6) is -1.73. The lowest BCUT2D eigenvalue weighted by Gasteiger charge is -2.05. The van der Waals surface area contributed by atoms with Crippen LogP contribution in [0.5, 0.6) is 0 Å². The lowest BCUT2D eigenvalue weighted by molar-refractivity contribution is -0.136. The molecule has 112 valence electrons. The fourth-order valence-electron chi connectivity index (χ4n) is 1.54. The molecule has 7 heteroatoms. The van der Waals surface area contributed by atoms with Crippen molar-refractivity contribution in [1.82, 2.24) is 5.43 Å². The smallest absolute Gasteiger partial charge is 0.316 e. The number of anilines is 1. The number of benzene rings is 2. The van der Waals surface area contributed by atoms with E-state index in [9.17, 15) is 9.59 Å². The summed E-state index contributed by atoms with van der Waals surface area (Å²) in [6, 6.07) is 14.0. The Morgan fingerprint density at radius 1 is 1.09 bits per heavy atom. The molecule has 0 bridgehead atoms. The molecule has 0 aliphatic carbocycles. The molecule has 5 nitrogen and oxygen atoms in total. The Bertz CT molecular complexity index is 734. The third kappa shape index (κ3) is 4.68. The van der Waals surface area contributed by atoms with Crippen LogP contribution in [0.25, 0.3) is 0 Å². The molecule has 0 aliphatic rings. The van der Waals surface area contributed by atoms with Gasteiger partial charge in [-0.3, -0.25) is 9.59 Å². The minimum absolute atomic E-state index is 0.348. The van der Waals surface area contributed by atoms with Crippen LogP contribution in [0, 0.1) is 0 Å². The number of rotatable bonds is 3. The second kappa shape index (κ2) is 7.72. The third-order valence-electron chi connectivity index (χ3n) is 2.56. The highest BCUT2D eigenvalue weighted by Crippen LogP contribution is 2.20. The van der Waals surface area contributed by atoms with Crippen molar-refractivity contribution >= 4 is 51.2 Å². The zero-order valence-electron chi connectivity index (χ0n) is 11.2. The van der Waals surface area contributed by atoms with Crippen LogP contribution in [0.3, 0.4) is 0 Å². The highest BCUT2D eigenvalue weighted by Gasteiger charge is 2.13. The van der Waals surface area contributed by atoms with Gasteiger partial charge in [0.2, 0.25) is 0 Å². The maximum Gasteiger partial charge on any atom is 0.329 e. The molecule has 0 fully saturated rings. The van der Waals surface area contributed by atoms with Crippen molar-refractivity contribution in [3.05, 3.63) is 63.6 Å². The van der Waals surface area contributed by atoms with Gasteiger partial charge in [-0.05, 0) is 29.8 Å². The normalized spacial score (nSPS) is 10.5. The summed E-state index contributed by atoms with van der Waals surface area (Å²) in [7, 11) is 0. The molecule has 0 unspecified atom stereocenters. The highest BCUT2D eigenvalue weighted by molar-refractivity contribution is 9.10. The molecule has 2 rings (SSSR count). The number of nitrogens with one attached hydrogen (secondary N) is 2. The largest absolute Gasteiger partial charge is 0.329 e. The standard InChI is InChI=1S/C15H11BrClN3O2/c16-11-5-3-4-10(8-11)9-18-20-15(22)14(21)19-13-7-2-1-6-12(13)17/h1-9H,(H,19,21)(H,20,22). The van der Waals surface area contributed by atoms with Crippen LogP contribution in [0.4, 0.5) is 5.69 Å². The van der Waals surface area contributed by atoms with E-state index in [-0.39, 0.29) is 0 Å². The van der Waals surface area contributed by atoms with Gasteiger partial charge >= 0.3 is 11.8 Å². The molecule has 0 atom stereocenters. The molecule has 0 saturated carbocycles. The molecule has 2 amide bonds. The van der Waals surface area contributed by atoms with Gasteiger partial charge in [0.25, 0.3) is 0 Å². The number of halogens is 2. The number of amides is 2. The Hall–Kier alpha value is -2.18. The van der Waals surface area contributed by atoms with E-state index in [1.54, 1.807) is 24.3 Å². The second-order valence-corrected chi connectivity index (χ2v) is 5.51. The lowest BCUT2D eigenvalue weighted by Crippen LogP contribution is -2.32. The van der Waals surface area contributed by atoms with Crippen LogP contribution < -0.4 is 10.7 Å². The summed E-state index contributed by atoms with van der Waals surface area (Å²) < 4.78 is 0.888. The molecule has 22 heavy (non-hydrogen) atoms. The minimum atomic E-state index is -0.883. The van der Waals surface area contributed by atoms with E-state index in [4.69, 9.17) is 11.6 Å². The maximum atomic E-state index is 11.7. The van der Waals surface area contributed by atoms with Crippen molar-refractivity contribution in [3.63, 3.8) is 0 Å². The number of carbonyl (C=O) groups is 2. The van der Waals surface area contributed by atoms with Crippen LogP contribution in [-0.2, 0) is 9.59 Å². The van der Waals surface area contributed by atoms with Gasteiger partial charge in [0.15, 0.2) is 0 Å². The number of hydrogen-bond donors (Lipinski definition) is 2. The zero-order chi connectivity index (χ0) is 15.9. The molecule has 0 radical (unpaired) electrons. The van der Waals surface area contributed by atoms with Gasteiger partial charge in [-0.1, -0.05) is 51.8 Å². The van der Waals surface area contributed by atoms with E-state index in [1.165, 1.54) is 6.21 Å². The Balaban J connectivity index is 1.92. The van der Waals surface area contributed by atoms with E-state index in [1.807, 2.05) is 24.3 Å². The number of hydrazone groups is 1. The lowest BCUT2D eigenvalue weighted by atomic mass is 10.2. The number of hydrogen-bond acceptors (Lipinski definition) is 3. The first-order chi connectivity index (χ1) is 10.6. The highest BCUT2D eigenvalue weighted by atomic mass is 79.9. The number of carbonyl (C=O) groups excluding carboxylic acids is 2. The van der Waals surface area contributed by atoms with E-state index < -0.39 is 11.8 Å². The van der Waals surface area contributed by atoms with Crippen molar-refractivity contribution in [2.75, 3.05) is 5.32 Å². The first kappa shape index (κ1) is 16.2. The maximum absolute atomic E-state index is 11.7. The molecule has 0 saturated heterocycles. The molecule has 0 heterocycles. The Morgan fingerprint density at radius 3 is 2.59 bits per heavy atom. The predicted molar refractivity (Wildman–Crippen MR) is 90.0 cm³/mol. The molecule has 2 aromatic carbocycles. The monoisotopic (exact) mass is 379 g/mol. The van der Waals surface area contributed by atoms with Gasteiger partial charge in [0.05, 0.1) is 16.9 Å². The SMILES string of the molecule is O=C(NN=Cc1cccc(Br)c1)C(=O)Nc1ccccc1Cl. The fraction of sp³-hybridized carbons (Fsp3) is 0. The molecule has 0 aliphatic heterocycles. The molecule has 2 N–H and O–H groups in total. The van der Waals surface area contributed by atoms with Crippen molar-refractivity contribution in [3.8, 4) is 0 Å². The Kier molecular flexibility index (Phi) is 5.68. The van der Waals surface area contributed by atoms with Gasteiger partial charge in [0, 0.05) is 4.47 Å². The Morgan fingerprint density at radius 2 is 1.86 bits per heavy atom. The number of para-hydroxylation sites is 1. The van der Waals surface area contributed by atoms with Gasteiger partial charge in [-0.25, -0.2) is 5.43 Å². The average molecular weight is 381 g/mol. The molecule has 2 aromatic rings. The van der Waals surface area contributed by atoms with E-state index >= 15 is 0 Å². The van der Waals surface area contributed by atoms with Gasteiger partial charge in [-0.15, -0.1) is 0 Å². The summed E-state index contributed by atoms with van der Waals surface area (Å²) in [5.41, 5.74) is 3.29. The summed E-state index contributed by atoms with van der Waals surface area (Å²) in [6.45, 7) is 0. The molecule has 0 aromatic heterocycles. The summed E-state index contributed by atoms with van der Waals surface area (Å²) in [6.07, 6.45) is 1.44. The number of nitrogens with zero attached hydrogens (tertiary/aromatic N) is 1. The van der Waals surface area contributed by atoms with Crippen LogP contribution in [0.15, 0.2) is 58.1 Å². The predicted octanol–water partition coefficient (Wildman–Crippen LogP) is 3.19. The van der Waals surface area contributed by atoms with Crippen molar-refractivity contribution in [1.29, 1.82) is 0 Å². The quantitative estimate of drug-likeness (QED) is 0.488. The molecular formula is C15H11BrClN3O2. The van der Waals surface area contributed by atoms with Crippen LogP contribution >= 0.6 is 27.5 Å². The van der Waals surface area contributed by atoms with Gasteiger partial charge in [-0.2, -0.15) is 5.10 Å². The average Bonchev–Trinajstić information content (AvgIpc) is 2.49. The summed E-state index contributed by atoms with van der Waals surface area (Å²) >= 11 is 9.22. The van der Waals surface area contributed by atoms with Gasteiger partial charge < -0.3 is 5.32 Å². The molecular weight excluding hydrogens is 370 g/mol. The topological polar surface area (TPSA) is 70.6 Å². The van der Waals surface area contributed by atoms with Crippen molar-refractivity contribution < 1.29 is 9.59 Å².